The Labute approximate surface area is 72.1 Å². The van der Waals surface area contributed by atoms with Gasteiger partial charge in [0.2, 0.25) is 0 Å². The van der Waals surface area contributed by atoms with Crippen molar-refractivity contribution < 1.29 is 0 Å². The summed E-state index contributed by atoms with van der Waals surface area (Å²) >= 11 is 0. The third-order valence-corrected chi connectivity index (χ3v) is 1.99. The summed E-state index contributed by atoms with van der Waals surface area (Å²) in [7, 11) is 0. The lowest BCUT2D eigenvalue weighted by Crippen LogP contribution is -1.80. The van der Waals surface area contributed by atoms with Crippen LogP contribution in [0.5, 0.6) is 0 Å². The number of rotatable bonds is 1. The molecule has 2 rings (SSSR count). The van der Waals surface area contributed by atoms with Crippen LogP contribution in [-0.2, 0) is 6.42 Å². The minimum Gasteiger partial charge on any atom is -0.264 e. The van der Waals surface area contributed by atoms with E-state index < -0.39 is 0 Å². The van der Waals surface area contributed by atoms with E-state index in [1.54, 1.807) is 0 Å². The van der Waals surface area contributed by atoms with Crippen LogP contribution in [0.2, 0.25) is 0 Å². The van der Waals surface area contributed by atoms with E-state index in [4.69, 9.17) is 0 Å². The second-order valence-corrected chi connectivity index (χ2v) is 2.81. The van der Waals surface area contributed by atoms with E-state index in [0.717, 1.165) is 6.42 Å². The van der Waals surface area contributed by atoms with Gasteiger partial charge in [0, 0.05) is 17.8 Å². The third kappa shape index (κ3) is 1.18. The molecule has 2 aromatic rings. The summed E-state index contributed by atoms with van der Waals surface area (Å²) in [5.41, 5.74) is 1.27. The van der Waals surface area contributed by atoms with Crippen molar-refractivity contribution in [3.05, 3.63) is 49.1 Å². The van der Waals surface area contributed by atoms with Crippen molar-refractivity contribution in [1.29, 1.82) is 0 Å². The van der Waals surface area contributed by atoms with Gasteiger partial charge in [0.1, 0.15) is 0 Å². The summed E-state index contributed by atoms with van der Waals surface area (Å²) in [6.07, 6.45) is 4.54. The molecule has 1 aromatic heterocycles. The second-order valence-electron chi connectivity index (χ2n) is 2.81. The zero-order chi connectivity index (χ0) is 8.39. The summed E-state index contributed by atoms with van der Waals surface area (Å²) in [5, 5.41) is 2.43. The quantitative estimate of drug-likeness (QED) is 0.618. The van der Waals surface area contributed by atoms with E-state index in [0.29, 0.717) is 0 Å². The molecule has 0 unspecified atom stereocenters. The molecular formula is C11H10N. The highest BCUT2D eigenvalue weighted by atomic mass is 14.6. The van der Waals surface area contributed by atoms with E-state index in [2.05, 4.69) is 30.1 Å². The lowest BCUT2D eigenvalue weighted by molar-refractivity contribution is 1.28. The molecule has 1 radical (unpaired) electrons. The molecule has 0 saturated carbocycles. The molecule has 1 heterocycles. The smallest absolute Gasteiger partial charge is 0.0346 e. The molecule has 0 aliphatic heterocycles. The van der Waals surface area contributed by atoms with Gasteiger partial charge in [-0.2, -0.15) is 0 Å². The van der Waals surface area contributed by atoms with Gasteiger partial charge in [-0.1, -0.05) is 18.2 Å². The number of aromatic nitrogens is 1. The number of hydrogen-bond acceptors (Lipinski definition) is 1. The van der Waals surface area contributed by atoms with Gasteiger partial charge in [-0.05, 0) is 30.4 Å². The Bertz CT molecular complexity index is 393. The van der Waals surface area contributed by atoms with Crippen LogP contribution in [0.1, 0.15) is 5.56 Å². The van der Waals surface area contributed by atoms with Crippen LogP contribution in [-0.4, -0.2) is 4.98 Å². The predicted molar refractivity (Wildman–Crippen MR) is 50.8 cm³/mol. The fourth-order valence-corrected chi connectivity index (χ4v) is 1.29. The predicted octanol–water partition coefficient (Wildman–Crippen LogP) is 2.61. The van der Waals surface area contributed by atoms with Gasteiger partial charge in [-0.15, -0.1) is 0 Å². The van der Waals surface area contributed by atoms with Crippen molar-refractivity contribution in [2.45, 2.75) is 6.42 Å². The number of nitrogens with zero attached hydrogens (tertiary/aromatic N) is 1. The van der Waals surface area contributed by atoms with E-state index >= 15 is 0 Å². The van der Waals surface area contributed by atoms with Crippen molar-refractivity contribution in [1.82, 2.24) is 4.98 Å². The molecule has 0 amide bonds. The molecule has 0 fully saturated rings. The Morgan fingerprint density at radius 1 is 1.17 bits per heavy atom. The van der Waals surface area contributed by atoms with Crippen LogP contribution in [0.3, 0.4) is 0 Å². The largest absolute Gasteiger partial charge is 0.264 e. The van der Waals surface area contributed by atoms with Crippen molar-refractivity contribution in [3.8, 4) is 0 Å². The summed E-state index contributed by atoms with van der Waals surface area (Å²) in [4.78, 5) is 4.05. The maximum atomic E-state index is 4.05. The number of pyridine rings is 1. The maximum Gasteiger partial charge on any atom is 0.0346 e. The van der Waals surface area contributed by atoms with Crippen LogP contribution < -0.4 is 0 Å². The van der Waals surface area contributed by atoms with Crippen LogP contribution in [0, 0.1) is 6.92 Å². The van der Waals surface area contributed by atoms with Crippen LogP contribution >= 0.6 is 0 Å². The molecule has 1 nitrogen and oxygen atoms in total. The molecule has 0 aliphatic rings. The van der Waals surface area contributed by atoms with E-state index in [1.807, 2.05) is 18.5 Å². The highest BCUT2D eigenvalue weighted by Gasteiger charge is 1.92. The van der Waals surface area contributed by atoms with Gasteiger partial charge in [-0.3, -0.25) is 4.98 Å². The van der Waals surface area contributed by atoms with Crippen molar-refractivity contribution >= 4 is 10.8 Å². The highest BCUT2D eigenvalue weighted by Crippen LogP contribution is 2.14. The first-order chi connectivity index (χ1) is 5.90. The van der Waals surface area contributed by atoms with Crippen molar-refractivity contribution in [2.24, 2.45) is 0 Å². The van der Waals surface area contributed by atoms with Gasteiger partial charge < -0.3 is 0 Å². The number of benzene rings is 1. The topological polar surface area (TPSA) is 12.9 Å². The normalized spacial score (nSPS) is 10.4. The first-order valence-electron chi connectivity index (χ1n) is 4.02. The monoisotopic (exact) mass is 156 g/mol. The molecule has 0 bridgehead atoms. The Morgan fingerprint density at radius 3 is 2.92 bits per heavy atom. The zero-order valence-corrected chi connectivity index (χ0v) is 6.83. The lowest BCUT2D eigenvalue weighted by Gasteiger charge is -1.99. The lowest BCUT2D eigenvalue weighted by atomic mass is 10.1. The molecular weight excluding hydrogens is 146 g/mol. The summed E-state index contributed by atoms with van der Waals surface area (Å²) < 4.78 is 0. The summed E-state index contributed by atoms with van der Waals surface area (Å²) in [5.74, 6) is 0. The van der Waals surface area contributed by atoms with Gasteiger partial charge in [0.05, 0.1) is 0 Å². The van der Waals surface area contributed by atoms with Gasteiger partial charge in [0.25, 0.3) is 0 Å². The summed E-state index contributed by atoms with van der Waals surface area (Å²) in [6, 6.07) is 8.36. The fourth-order valence-electron chi connectivity index (χ4n) is 1.29. The molecule has 12 heavy (non-hydrogen) atoms. The SMILES string of the molecule is [CH2]Cc1ccc2cnccc2c1. The fraction of sp³-hybridized carbons (Fsp3) is 0.0909. The molecule has 1 heteroatoms. The Morgan fingerprint density at radius 2 is 2.08 bits per heavy atom. The molecule has 0 aliphatic carbocycles. The maximum absolute atomic E-state index is 4.05. The molecule has 59 valence electrons. The van der Waals surface area contributed by atoms with Gasteiger partial charge >= 0.3 is 0 Å². The van der Waals surface area contributed by atoms with Crippen LogP contribution in [0.4, 0.5) is 0 Å². The van der Waals surface area contributed by atoms with E-state index in [1.165, 1.54) is 16.3 Å². The highest BCUT2D eigenvalue weighted by molar-refractivity contribution is 5.81. The average molecular weight is 156 g/mol. The van der Waals surface area contributed by atoms with Crippen LogP contribution in [0.15, 0.2) is 36.7 Å². The molecule has 0 spiro atoms. The number of hydrogen-bond donors (Lipinski definition) is 0. The Balaban J connectivity index is 2.67. The van der Waals surface area contributed by atoms with Crippen molar-refractivity contribution in [2.75, 3.05) is 0 Å². The standard InChI is InChI=1S/C11H10N/c1-2-9-3-4-11-8-12-6-5-10(11)7-9/h3-8H,1-2H2. The minimum absolute atomic E-state index is 0.845. The summed E-state index contributed by atoms with van der Waals surface area (Å²) in [6.45, 7) is 3.85. The Kier molecular flexibility index (Phi) is 1.78. The third-order valence-electron chi connectivity index (χ3n) is 1.99. The van der Waals surface area contributed by atoms with Gasteiger partial charge in [-0.25, -0.2) is 0 Å². The molecule has 0 atom stereocenters. The second kappa shape index (κ2) is 2.94. The van der Waals surface area contributed by atoms with Crippen molar-refractivity contribution in [3.63, 3.8) is 0 Å². The first kappa shape index (κ1) is 7.29. The Hall–Kier alpha value is -1.37. The first-order valence-corrected chi connectivity index (χ1v) is 4.02. The van der Waals surface area contributed by atoms with Gasteiger partial charge in [0.15, 0.2) is 0 Å². The minimum atomic E-state index is 0.845. The molecule has 0 N–H and O–H groups in total. The van der Waals surface area contributed by atoms with Crippen LogP contribution in [0.25, 0.3) is 10.8 Å². The molecule has 1 aromatic carbocycles. The number of fused-ring (bicyclic) bond motifs is 1. The average Bonchev–Trinajstić information content (AvgIpc) is 2.17. The van der Waals surface area contributed by atoms with E-state index in [9.17, 15) is 0 Å². The zero-order valence-electron chi connectivity index (χ0n) is 6.83. The van der Waals surface area contributed by atoms with E-state index in [-0.39, 0.29) is 0 Å². The molecule has 0 saturated heterocycles.